The Balaban J connectivity index is 0. The molecule has 0 aliphatic carbocycles. The maximum Gasteiger partial charge on any atom is 0 e. The molecule has 0 aromatic carbocycles. The van der Waals surface area contributed by atoms with Gasteiger partial charge in [-0.25, -0.2) is 0 Å². The van der Waals surface area contributed by atoms with Crippen LogP contribution >= 0.6 is 0 Å². The van der Waals surface area contributed by atoms with Gasteiger partial charge in [0.25, 0.3) is 0 Å². The monoisotopic (exact) mass is 294 g/mol. The van der Waals surface area contributed by atoms with Crippen molar-refractivity contribution in [1.82, 2.24) is 0 Å². The molecule has 0 aromatic heterocycles. The first-order chi connectivity index (χ1) is 2.00. The second-order valence-corrected chi connectivity index (χ2v) is 1.50. The topological polar surface area (TPSA) is 92.2 Å². The van der Waals surface area contributed by atoms with E-state index in [1.165, 1.54) is 0 Å². The predicted molar refractivity (Wildman–Crippen MR) is 5.75 cm³/mol. The standard InChI is InChI=1S/Hg.O4Si/c;1-5(2,3)4/q;-4. The van der Waals surface area contributed by atoms with Crippen molar-refractivity contribution in [3.63, 3.8) is 0 Å². The van der Waals surface area contributed by atoms with Gasteiger partial charge in [-0.3, -0.25) is 0 Å². The molecule has 0 aliphatic heterocycles. The Kier molecular flexibility index (Phi) is 5.13. The molecular weight excluding hydrogens is 293 g/mol. The molecule has 0 N–H and O–H groups in total. The largest absolute Gasteiger partial charge is 0.894 e. The Bertz CT molecular complexity index is 23.0. The molecule has 0 atom stereocenters. The number of rotatable bonds is 0. The molecule has 0 bridgehead atoms. The van der Waals surface area contributed by atoms with E-state index in [2.05, 4.69) is 0 Å². The summed E-state index contributed by atoms with van der Waals surface area (Å²) in [5.41, 5.74) is 0. The van der Waals surface area contributed by atoms with E-state index >= 15 is 0 Å². The first-order valence-corrected chi connectivity index (χ1v) is 2.45. The summed E-state index contributed by atoms with van der Waals surface area (Å²) < 4.78 is 0. The first-order valence-electron chi connectivity index (χ1n) is 0.816. The minimum Gasteiger partial charge on any atom is -0.894 e. The number of hydrogen-bond donors (Lipinski definition) is 0. The van der Waals surface area contributed by atoms with Crippen LogP contribution in [0.1, 0.15) is 0 Å². The third kappa shape index (κ3) is 80.8. The van der Waals surface area contributed by atoms with Crippen LogP contribution in [0.25, 0.3) is 0 Å². The van der Waals surface area contributed by atoms with Crippen molar-refractivity contribution in [2.45, 2.75) is 0 Å². The van der Waals surface area contributed by atoms with Crippen LogP contribution in [-0.2, 0) is 27.7 Å². The molecule has 4 nitrogen and oxygen atoms in total. The third-order valence-corrected chi connectivity index (χ3v) is 0. The first kappa shape index (κ1) is 10.1. The van der Waals surface area contributed by atoms with Gasteiger partial charge in [0.05, 0.1) is 0 Å². The van der Waals surface area contributed by atoms with Crippen LogP contribution < -0.4 is 19.2 Å². The number of hydrogen-bond acceptors (Lipinski definition) is 4. The van der Waals surface area contributed by atoms with Crippen LogP contribution in [0.15, 0.2) is 0 Å². The fraction of sp³-hybridized carbons (Fsp3) is 0. The van der Waals surface area contributed by atoms with E-state index in [1.807, 2.05) is 0 Å². The summed E-state index contributed by atoms with van der Waals surface area (Å²) in [5, 5.41) is 0. The summed E-state index contributed by atoms with van der Waals surface area (Å²) in [6, 6.07) is 0. The van der Waals surface area contributed by atoms with Crippen molar-refractivity contribution in [1.29, 1.82) is 0 Å². The zero-order valence-corrected chi connectivity index (χ0v) is 9.34. The predicted octanol–water partition coefficient (Wildman–Crippen LogP) is -5.14. The summed E-state index contributed by atoms with van der Waals surface area (Å²) in [6.45, 7) is 0. The Morgan fingerprint density at radius 1 is 0.833 bits per heavy atom. The van der Waals surface area contributed by atoms with Gasteiger partial charge in [-0.1, -0.05) is 0 Å². The van der Waals surface area contributed by atoms with Gasteiger partial charge in [-0.05, 0) is 0 Å². The van der Waals surface area contributed by atoms with Crippen molar-refractivity contribution in [3.05, 3.63) is 0 Å². The van der Waals surface area contributed by atoms with E-state index in [0.29, 0.717) is 0 Å². The average molecular weight is 293 g/mol. The molecule has 0 spiro atoms. The zero-order valence-electron chi connectivity index (χ0n) is 2.84. The van der Waals surface area contributed by atoms with E-state index in [4.69, 9.17) is 19.2 Å². The van der Waals surface area contributed by atoms with Gasteiger partial charge in [-0.15, -0.1) is 0 Å². The third-order valence-electron chi connectivity index (χ3n) is 0. The molecule has 0 saturated carbocycles. The van der Waals surface area contributed by atoms with Gasteiger partial charge in [0.15, 0.2) is 0 Å². The van der Waals surface area contributed by atoms with Gasteiger partial charge in [0.2, 0.25) is 0 Å². The molecule has 6 heteroatoms. The quantitative estimate of drug-likeness (QED) is 0.417. The summed E-state index contributed by atoms with van der Waals surface area (Å²) >= 11 is 0. The molecule has 6 heavy (non-hydrogen) atoms. The average Bonchev–Trinajstić information content (AvgIpc) is 0.722. The Morgan fingerprint density at radius 2 is 0.833 bits per heavy atom. The molecule has 0 unspecified atom stereocenters. The van der Waals surface area contributed by atoms with Crippen molar-refractivity contribution in [2.24, 2.45) is 0 Å². The molecule has 34 valence electrons. The SMILES string of the molecule is [Hg].[O-][Si]([O-])([O-])[O-]. The van der Waals surface area contributed by atoms with E-state index in [9.17, 15) is 0 Å². The molecule has 0 heterocycles. The summed E-state index contributed by atoms with van der Waals surface area (Å²) in [6.07, 6.45) is 0. The fourth-order valence-corrected chi connectivity index (χ4v) is 0. The van der Waals surface area contributed by atoms with Crippen LogP contribution in [0, 0.1) is 0 Å². The second-order valence-electron chi connectivity index (χ2n) is 0.500. The molecule has 0 saturated heterocycles. The van der Waals surface area contributed by atoms with Crippen LogP contribution in [0.5, 0.6) is 0 Å². The van der Waals surface area contributed by atoms with Gasteiger partial charge >= 0.3 is 0 Å². The Labute approximate surface area is 56.1 Å². The van der Waals surface area contributed by atoms with E-state index in [-0.39, 0.29) is 27.7 Å². The van der Waals surface area contributed by atoms with E-state index in [0.717, 1.165) is 0 Å². The summed E-state index contributed by atoms with van der Waals surface area (Å²) in [7, 11) is -5.61. The molecule has 0 rings (SSSR count). The van der Waals surface area contributed by atoms with E-state index < -0.39 is 9.05 Å². The van der Waals surface area contributed by atoms with Crippen LogP contribution in [0.2, 0.25) is 0 Å². The van der Waals surface area contributed by atoms with Crippen LogP contribution in [-0.4, -0.2) is 9.05 Å². The smallest absolute Gasteiger partial charge is 0 e. The maximum atomic E-state index is 8.58. The molecule has 0 radical (unpaired) electrons. The van der Waals surface area contributed by atoms with Gasteiger partial charge in [0, 0.05) is 27.7 Å². The van der Waals surface area contributed by atoms with Crippen molar-refractivity contribution < 1.29 is 46.9 Å². The maximum absolute atomic E-state index is 8.58. The molecule has 0 amide bonds. The Morgan fingerprint density at radius 3 is 0.833 bits per heavy atom. The summed E-state index contributed by atoms with van der Waals surface area (Å²) in [5.74, 6) is 0. The Hall–Kier alpha value is 0.992. The molecule has 0 aromatic rings. The molecule has 0 aliphatic rings. The fourth-order valence-electron chi connectivity index (χ4n) is 0. The van der Waals surface area contributed by atoms with Crippen molar-refractivity contribution in [2.75, 3.05) is 0 Å². The van der Waals surface area contributed by atoms with Crippen LogP contribution in [0.4, 0.5) is 0 Å². The molecular formula is HgO4Si-4. The minimum absolute atomic E-state index is 0. The minimum atomic E-state index is -5.61. The molecule has 0 fully saturated rings. The van der Waals surface area contributed by atoms with Gasteiger partial charge < -0.3 is 28.2 Å². The van der Waals surface area contributed by atoms with Crippen molar-refractivity contribution in [3.8, 4) is 0 Å². The normalized spacial score (nSPS) is 10.0. The van der Waals surface area contributed by atoms with Gasteiger partial charge in [-0.2, -0.15) is 0 Å². The zero-order chi connectivity index (χ0) is 4.50. The summed E-state index contributed by atoms with van der Waals surface area (Å²) in [4.78, 5) is 34.3. The van der Waals surface area contributed by atoms with Crippen LogP contribution in [0.3, 0.4) is 0 Å². The van der Waals surface area contributed by atoms with E-state index in [1.54, 1.807) is 0 Å². The van der Waals surface area contributed by atoms with Crippen molar-refractivity contribution >= 4 is 9.05 Å². The second kappa shape index (κ2) is 3.05. The van der Waals surface area contributed by atoms with Gasteiger partial charge in [0.1, 0.15) is 0 Å².